The Balaban J connectivity index is 1.53. The van der Waals surface area contributed by atoms with E-state index in [2.05, 4.69) is 10.5 Å². The van der Waals surface area contributed by atoms with Crippen LogP contribution in [0.2, 0.25) is 0 Å². The quantitative estimate of drug-likeness (QED) is 0.472. The van der Waals surface area contributed by atoms with Crippen LogP contribution in [0.4, 0.5) is 11.4 Å². The number of para-hydroxylation sites is 2. The standard InChI is InChI=1S/C20H20N4O4/c25-19(22-21-14-16-7-2-4-10-18(16)24(27)28)11-12-20(26)23-13-5-8-15-6-1-3-9-17(15)23/h1-4,6-7,9-10,14H,5,8,11-13H2,(H,22,25)/b21-14+. The van der Waals surface area contributed by atoms with Gasteiger partial charge in [-0.25, -0.2) is 5.43 Å². The number of hydrogen-bond donors (Lipinski definition) is 1. The van der Waals surface area contributed by atoms with Crippen molar-refractivity contribution in [1.82, 2.24) is 5.43 Å². The zero-order chi connectivity index (χ0) is 19.9. The molecule has 2 aromatic carbocycles. The van der Waals surface area contributed by atoms with E-state index >= 15 is 0 Å². The second-order valence-electron chi connectivity index (χ2n) is 6.39. The van der Waals surface area contributed by atoms with E-state index < -0.39 is 10.8 Å². The first-order valence-electron chi connectivity index (χ1n) is 9.00. The lowest BCUT2D eigenvalue weighted by atomic mass is 10.0. The van der Waals surface area contributed by atoms with Gasteiger partial charge < -0.3 is 4.90 Å². The lowest BCUT2D eigenvalue weighted by Gasteiger charge is -2.29. The second-order valence-corrected chi connectivity index (χ2v) is 6.39. The molecule has 2 aromatic rings. The van der Waals surface area contributed by atoms with E-state index in [4.69, 9.17) is 0 Å². The zero-order valence-electron chi connectivity index (χ0n) is 15.2. The lowest BCUT2D eigenvalue weighted by Crippen LogP contribution is -2.36. The summed E-state index contributed by atoms with van der Waals surface area (Å²) in [5, 5.41) is 14.7. The van der Waals surface area contributed by atoms with E-state index in [1.807, 2.05) is 24.3 Å². The van der Waals surface area contributed by atoms with Crippen molar-refractivity contribution in [2.75, 3.05) is 11.4 Å². The number of anilines is 1. The molecule has 0 saturated heterocycles. The summed E-state index contributed by atoms with van der Waals surface area (Å²) in [6.07, 6.45) is 3.13. The van der Waals surface area contributed by atoms with Gasteiger partial charge in [-0.2, -0.15) is 5.10 Å². The molecule has 0 aromatic heterocycles. The van der Waals surface area contributed by atoms with Gasteiger partial charge in [0, 0.05) is 31.1 Å². The number of aryl methyl sites for hydroxylation is 1. The van der Waals surface area contributed by atoms with E-state index in [1.165, 1.54) is 18.3 Å². The van der Waals surface area contributed by atoms with Crippen LogP contribution in [0.25, 0.3) is 0 Å². The molecule has 1 heterocycles. The molecule has 0 atom stereocenters. The molecule has 8 nitrogen and oxygen atoms in total. The number of nitrogens with one attached hydrogen (secondary N) is 1. The zero-order valence-corrected chi connectivity index (χ0v) is 15.2. The Morgan fingerprint density at radius 3 is 2.71 bits per heavy atom. The van der Waals surface area contributed by atoms with Crippen LogP contribution >= 0.6 is 0 Å². The fraction of sp³-hybridized carbons (Fsp3) is 0.250. The molecule has 0 radical (unpaired) electrons. The number of carbonyl (C=O) groups excluding carboxylic acids is 2. The predicted molar refractivity (Wildman–Crippen MR) is 105 cm³/mol. The molecule has 8 heteroatoms. The number of nitro benzene ring substituents is 1. The molecule has 0 aliphatic carbocycles. The molecular weight excluding hydrogens is 360 g/mol. The van der Waals surface area contributed by atoms with Crippen LogP contribution in [0.5, 0.6) is 0 Å². The number of carbonyl (C=O) groups is 2. The third-order valence-electron chi connectivity index (χ3n) is 4.50. The molecule has 1 aliphatic rings. The summed E-state index contributed by atoms with van der Waals surface area (Å²) in [6.45, 7) is 0.646. The Morgan fingerprint density at radius 2 is 1.89 bits per heavy atom. The number of nitro groups is 1. The van der Waals surface area contributed by atoms with Crippen molar-refractivity contribution in [1.29, 1.82) is 0 Å². The molecule has 0 bridgehead atoms. The average Bonchev–Trinajstić information content (AvgIpc) is 2.71. The molecular formula is C20H20N4O4. The van der Waals surface area contributed by atoms with E-state index in [-0.39, 0.29) is 30.0 Å². The summed E-state index contributed by atoms with van der Waals surface area (Å²) in [7, 11) is 0. The van der Waals surface area contributed by atoms with Gasteiger partial charge in [0.1, 0.15) is 0 Å². The Bertz CT molecular complexity index is 926. The summed E-state index contributed by atoms with van der Waals surface area (Å²) < 4.78 is 0. The van der Waals surface area contributed by atoms with Gasteiger partial charge in [0.2, 0.25) is 11.8 Å². The summed E-state index contributed by atoms with van der Waals surface area (Å²) >= 11 is 0. The summed E-state index contributed by atoms with van der Waals surface area (Å²) in [5.74, 6) is -0.529. The van der Waals surface area contributed by atoms with Gasteiger partial charge in [-0.15, -0.1) is 0 Å². The largest absolute Gasteiger partial charge is 0.312 e. The highest BCUT2D eigenvalue weighted by atomic mass is 16.6. The van der Waals surface area contributed by atoms with Crippen molar-refractivity contribution in [2.45, 2.75) is 25.7 Å². The van der Waals surface area contributed by atoms with Crippen LogP contribution in [-0.2, 0) is 16.0 Å². The van der Waals surface area contributed by atoms with Gasteiger partial charge in [-0.05, 0) is 30.5 Å². The van der Waals surface area contributed by atoms with Crippen molar-refractivity contribution in [3.8, 4) is 0 Å². The highest BCUT2D eigenvalue weighted by Crippen LogP contribution is 2.27. The summed E-state index contributed by atoms with van der Waals surface area (Å²) in [4.78, 5) is 36.6. The first-order chi connectivity index (χ1) is 13.6. The number of hydrogen-bond acceptors (Lipinski definition) is 5. The van der Waals surface area contributed by atoms with Crippen molar-refractivity contribution in [2.24, 2.45) is 5.10 Å². The molecule has 0 unspecified atom stereocenters. The van der Waals surface area contributed by atoms with E-state index in [1.54, 1.807) is 17.0 Å². The van der Waals surface area contributed by atoms with Crippen LogP contribution in [0.3, 0.4) is 0 Å². The predicted octanol–water partition coefficient (Wildman–Crippen LogP) is 2.80. The minimum Gasteiger partial charge on any atom is -0.312 e. The molecule has 28 heavy (non-hydrogen) atoms. The number of fused-ring (bicyclic) bond motifs is 1. The number of benzene rings is 2. The Labute approximate surface area is 162 Å². The maximum atomic E-state index is 12.5. The molecule has 144 valence electrons. The van der Waals surface area contributed by atoms with Crippen LogP contribution < -0.4 is 10.3 Å². The monoisotopic (exact) mass is 380 g/mol. The fourth-order valence-corrected chi connectivity index (χ4v) is 3.14. The third-order valence-corrected chi connectivity index (χ3v) is 4.50. The van der Waals surface area contributed by atoms with E-state index in [9.17, 15) is 19.7 Å². The fourth-order valence-electron chi connectivity index (χ4n) is 3.14. The van der Waals surface area contributed by atoms with Crippen molar-refractivity contribution >= 4 is 29.4 Å². The van der Waals surface area contributed by atoms with Crippen molar-refractivity contribution in [3.05, 3.63) is 69.8 Å². The minimum atomic E-state index is -0.516. The summed E-state index contributed by atoms with van der Waals surface area (Å²) in [6, 6.07) is 13.9. The maximum absolute atomic E-state index is 12.5. The van der Waals surface area contributed by atoms with Gasteiger partial charge in [0.05, 0.1) is 16.7 Å². The molecule has 0 fully saturated rings. The average molecular weight is 380 g/mol. The SMILES string of the molecule is O=C(CCC(=O)N1CCCc2ccccc21)N/N=C/c1ccccc1[N+](=O)[O-]. The van der Waals surface area contributed by atoms with E-state index in [0.29, 0.717) is 6.54 Å². The van der Waals surface area contributed by atoms with Gasteiger partial charge in [-0.3, -0.25) is 19.7 Å². The maximum Gasteiger partial charge on any atom is 0.278 e. The minimum absolute atomic E-state index is 0.00821. The van der Waals surface area contributed by atoms with Crippen molar-refractivity contribution < 1.29 is 14.5 Å². The lowest BCUT2D eigenvalue weighted by molar-refractivity contribution is -0.385. The normalized spacial score (nSPS) is 13.2. The molecule has 3 rings (SSSR count). The van der Waals surface area contributed by atoms with Crippen LogP contribution in [0.15, 0.2) is 53.6 Å². The molecule has 1 N–H and O–H groups in total. The summed E-state index contributed by atoms with van der Waals surface area (Å²) in [5.41, 5.74) is 4.55. The highest BCUT2D eigenvalue weighted by molar-refractivity contribution is 5.96. The molecule has 2 amide bonds. The van der Waals surface area contributed by atoms with Crippen LogP contribution in [-0.4, -0.2) is 29.5 Å². The molecule has 0 saturated carbocycles. The molecule has 0 spiro atoms. The topological polar surface area (TPSA) is 105 Å². The third kappa shape index (κ3) is 4.59. The first kappa shape index (κ1) is 19.2. The Kier molecular flexibility index (Phi) is 6.11. The van der Waals surface area contributed by atoms with Gasteiger partial charge >= 0.3 is 0 Å². The van der Waals surface area contributed by atoms with E-state index in [0.717, 1.165) is 24.1 Å². The number of hydrazone groups is 1. The number of nitrogens with zero attached hydrogens (tertiary/aromatic N) is 3. The second kappa shape index (κ2) is 8.90. The Morgan fingerprint density at radius 1 is 1.14 bits per heavy atom. The Hall–Kier alpha value is -3.55. The van der Waals surface area contributed by atoms with Crippen LogP contribution in [0, 0.1) is 10.1 Å². The van der Waals surface area contributed by atoms with Crippen molar-refractivity contribution in [3.63, 3.8) is 0 Å². The van der Waals surface area contributed by atoms with Gasteiger partial charge in [0.25, 0.3) is 5.69 Å². The van der Waals surface area contributed by atoms with Crippen LogP contribution in [0.1, 0.15) is 30.4 Å². The van der Waals surface area contributed by atoms with Gasteiger partial charge in [0.15, 0.2) is 0 Å². The van der Waals surface area contributed by atoms with Gasteiger partial charge in [-0.1, -0.05) is 30.3 Å². The number of amides is 2. The number of rotatable bonds is 6. The smallest absolute Gasteiger partial charge is 0.278 e. The molecule has 1 aliphatic heterocycles. The first-order valence-corrected chi connectivity index (χ1v) is 9.00. The highest BCUT2D eigenvalue weighted by Gasteiger charge is 2.22.